The van der Waals surface area contributed by atoms with Crippen molar-refractivity contribution >= 4 is 32.3 Å². The summed E-state index contributed by atoms with van der Waals surface area (Å²) in [5, 5.41) is 3.42. The Kier molecular flexibility index (Phi) is 5.03. The molecule has 2 N–H and O–H groups in total. The molecule has 8 heteroatoms. The maximum Gasteiger partial charge on any atom is 0.341 e. The average molecular weight is 378 g/mol. The smallest absolute Gasteiger partial charge is 0.341 e. The number of hydrogen-bond donors (Lipinski definition) is 2. The van der Waals surface area contributed by atoms with Gasteiger partial charge in [-0.05, 0) is 30.2 Å². The molecule has 1 heterocycles. The van der Waals surface area contributed by atoms with Crippen LogP contribution in [0, 0.1) is 0 Å². The molecular weight excluding hydrogens is 362 g/mol. The van der Waals surface area contributed by atoms with Crippen molar-refractivity contribution < 1.29 is 22.0 Å². The van der Waals surface area contributed by atoms with Gasteiger partial charge in [-0.15, -0.1) is 0 Å². The number of aromatic nitrogens is 1. The number of para-hydroxylation sites is 2. The number of rotatable bonds is 6. The number of alkyl halides is 2. The number of H-pyrrole nitrogens is 1. The SMILES string of the molecule is O=C(CCc1c[nH]c2ccccc12)Nc1ccccc1S(=O)(=O)C(F)F. The molecular formula is C18H16F2N2O3S. The van der Waals surface area contributed by atoms with Crippen LogP contribution in [0.25, 0.3) is 10.9 Å². The molecule has 0 aliphatic carbocycles. The highest BCUT2D eigenvalue weighted by Crippen LogP contribution is 2.26. The third-order valence-electron chi connectivity index (χ3n) is 4.00. The Balaban J connectivity index is 1.73. The number of carbonyl (C=O) groups excluding carboxylic acids is 1. The van der Waals surface area contributed by atoms with Crippen LogP contribution in [-0.2, 0) is 21.1 Å². The van der Waals surface area contributed by atoms with Gasteiger partial charge in [-0.3, -0.25) is 4.79 Å². The van der Waals surface area contributed by atoms with Crippen molar-refractivity contribution in [2.24, 2.45) is 0 Å². The molecule has 0 saturated heterocycles. The first-order chi connectivity index (χ1) is 12.4. The summed E-state index contributed by atoms with van der Waals surface area (Å²) in [7, 11) is -4.79. The maximum absolute atomic E-state index is 12.8. The van der Waals surface area contributed by atoms with Crippen molar-refractivity contribution in [1.29, 1.82) is 0 Å². The summed E-state index contributed by atoms with van der Waals surface area (Å²) >= 11 is 0. The Morgan fingerprint density at radius 2 is 1.77 bits per heavy atom. The molecule has 5 nitrogen and oxygen atoms in total. The molecule has 3 aromatic rings. The lowest BCUT2D eigenvalue weighted by atomic mass is 10.1. The third-order valence-corrected chi connectivity index (χ3v) is 5.44. The Bertz CT molecular complexity index is 1050. The Labute approximate surface area is 149 Å². The molecule has 2 aromatic carbocycles. The third kappa shape index (κ3) is 3.60. The minimum atomic E-state index is -4.79. The van der Waals surface area contributed by atoms with Gasteiger partial charge >= 0.3 is 5.76 Å². The van der Waals surface area contributed by atoms with Crippen molar-refractivity contribution in [2.75, 3.05) is 5.32 Å². The van der Waals surface area contributed by atoms with Gasteiger partial charge in [0, 0.05) is 23.5 Å². The highest BCUT2D eigenvalue weighted by molar-refractivity contribution is 7.91. The Morgan fingerprint density at radius 1 is 1.08 bits per heavy atom. The van der Waals surface area contributed by atoms with E-state index in [-0.39, 0.29) is 12.1 Å². The van der Waals surface area contributed by atoms with Crippen molar-refractivity contribution in [2.45, 2.75) is 23.5 Å². The van der Waals surface area contributed by atoms with Gasteiger partial charge in [0.25, 0.3) is 0 Å². The summed E-state index contributed by atoms with van der Waals surface area (Å²) in [6.45, 7) is 0. The monoisotopic (exact) mass is 378 g/mol. The van der Waals surface area contributed by atoms with E-state index in [1.807, 2.05) is 30.5 Å². The molecule has 0 saturated carbocycles. The second-order valence-electron chi connectivity index (χ2n) is 5.71. The number of amides is 1. The van der Waals surface area contributed by atoms with Gasteiger partial charge in [0.15, 0.2) is 0 Å². The number of hydrogen-bond acceptors (Lipinski definition) is 3. The second-order valence-corrected chi connectivity index (χ2v) is 7.60. The predicted octanol–water partition coefficient (Wildman–Crippen LogP) is 3.74. The first-order valence-corrected chi connectivity index (χ1v) is 9.40. The van der Waals surface area contributed by atoms with Crippen LogP contribution >= 0.6 is 0 Å². The molecule has 0 unspecified atom stereocenters. The summed E-state index contributed by atoms with van der Waals surface area (Å²) < 4.78 is 49.0. The fraction of sp³-hybridized carbons (Fsp3) is 0.167. The first kappa shape index (κ1) is 18.1. The molecule has 0 radical (unpaired) electrons. The molecule has 0 atom stereocenters. The first-order valence-electron chi connectivity index (χ1n) is 7.85. The number of fused-ring (bicyclic) bond motifs is 1. The lowest BCUT2D eigenvalue weighted by Crippen LogP contribution is -2.18. The molecule has 1 aromatic heterocycles. The number of halogens is 2. The van der Waals surface area contributed by atoms with E-state index in [1.54, 1.807) is 0 Å². The molecule has 0 aliphatic heterocycles. The van der Waals surface area contributed by atoms with Gasteiger partial charge in [-0.25, -0.2) is 8.42 Å². The fourth-order valence-corrected chi connectivity index (χ4v) is 3.60. The molecule has 136 valence electrons. The zero-order valence-electron chi connectivity index (χ0n) is 13.6. The van der Waals surface area contributed by atoms with Crippen LogP contribution in [0.4, 0.5) is 14.5 Å². The van der Waals surface area contributed by atoms with E-state index in [9.17, 15) is 22.0 Å². The minimum absolute atomic E-state index is 0.0882. The Hall–Kier alpha value is -2.74. The number of aromatic amines is 1. The van der Waals surface area contributed by atoms with E-state index in [4.69, 9.17) is 0 Å². The predicted molar refractivity (Wildman–Crippen MR) is 94.9 cm³/mol. The quantitative estimate of drug-likeness (QED) is 0.686. The number of aryl methyl sites for hydroxylation is 1. The average Bonchev–Trinajstić information content (AvgIpc) is 3.03. The van der Waals surface area contributed by atoms with Crippen LogP contribution < -0.4 is 5.32 Å². The van der Waals surface area contributed by atoms with Crippen molar-refractivity contribution in [3.8, 4) is 0 Å². The number of benzene rings is 2. The highest BCUT2D eigenvalue weighted by atomic mass is 32.2. The summed E-state index contributed by atoms with van der Waals surface area (Å²) in [6.07, 6.45) is 2.33. The molecule has 1 amide bonds. The number of anilines is 1. The second kappa shape index (κ2) is 7.25. The van der Waals surface area contributed by atoms with Crippen LogP contribution in [0.2, 0.25) is 0 Å². The maximum atomic E-state index is 12.8. The van der Waals surface area contributed by atoms with Gasteiger partial charge in [-0.1, -0.05) is 30.3 Å². The van der Waals surface area contributed by atoms with E-state index in [1.165, 1.54) is 18.2 Å². The molecule has 0 aliphatic rings. The van der Waals surface area contributed by atoms with E-state index in [2.05, 4.69) is 10.3 Å². The number of carbonyl (C=O) groups is 1. The van der Waals surface area contributed by atoms with Crippen molar-refractivity contribution in [1.82, 2.24) is 4.98 Å². The van der Waals surface area contributed by atoms with Gasteiger partial charge in [0.2, 0.25) is 15.7 Å². The fourth-order valence-electron chi connectivity index (χ4n) is 2.71. The van der Waals surface area contributed by atoms with Crippen LogP contribution in [0.1, 0.15) is 12.0 Å². The van der Waals surface area contributed by atoms with E-state index < -0.39 is 26.4 Å². The highest BCUT2D eigenvalue weighted by Gasteiger charge is 2.29. The lowest BCUT2D eigenvalue weighted by Gasteiger charge is -2.11. The summed E-state index contributed by atoms with van der Waals surface area (Å²) in [5.41, 5.74) is 1.76. The van der Waals surface area contributed by atoms with Crippen LogP contribution in [0.15, 0.2) is 59.6 Å². The molecule has 26 heavy (non-hydrogen) atoms. The van der Waals surface area contributed by atoms with Crippen LogP contribution in [-0.4, -0.2) is 25.1 Å². The number of nitrogens with one attached hydrogen (secondary N) is 2. The number of sulfone groups is 1. The minimum Gasteiger partial charge on any atom is -0.361 e. The largest absolute Gasteiger partial charge is 0.361 e. The normalized spacial score (nSPS) is 11.8. The molecule has 3 rings (SSSR count). The van der Waals surface area contributed by atoms with Gasteiger partial charge < -0.3 is 10.3 Å². The van der Waals surface area contributed by atoms with E-state index in [0.717, 1.165) is 22.5 Å². The summed E-state index contributed by atoms with van der Waals surface area (Å²) in [4.78, 5) is 14.7. The lowest BCUT2D eigenvalue weighted by molar-refractivity contribution is -0.116. The van der Waals surface area contributed by atoms with E-state index >= 15 is 0 Å². The van der Waals surface area contributed by atoms with Crippen molar-refractivity contribution in [3.63, 3.8) is 0 Å². The Morgan fingerprint density at radius 3 is 2.54 bits per heavy atom. The summed E-state index contributed by atoms with van der Waals surface area (Å²) in [5.74, 6) is -4.00. The van der Waals surface area contributed by atoms with Crippen molar-refractivity contribution in [3.05, 3.63) is 60.3 Å². The van der Waals surface area contributed by atoms with Crippen LogP contribution in [0.5, 0.6) is 0 Å². The topological polar surface area (TPSA) is 79.0 Å². The zero-order chi connectivity index (χ0) is 18.7. The van der Waals surface area contributed by atoms with E-state index in [0.29, 0.717) is 6.42 Å². The zero-order valence-corrected chi connectivity index (χ0v) is 14.4. The standard InChI is InChI=1S/C18H16F2N2O3S/c19-18(20)26(24,25)16-8-4-3-7-15(16)22-17(23)10-9-12-11-21-14-6-2-1-5-13(12)14/h1-8,11,18,21H,9-10H2,(H,22,23). The molecule has 0 bridgehead atoms. The summed E-state index contributed by atoms with van der Waals surface area (Å²) in [6, 6.07) is 12.8. The van der Waals surface area contributed by atoms with Crippen LogP contribution in [0.3, 0.4) is 0 Å². The van der Waals surface area contributed by atoms with Gasteiger partial charge in [0.1, 0.15) is 0 Å². The van der Waals surface area contributed by atoms with Gasteiger partial charge in [-0.2, -0.15) is 8.78 Å². The molecule has 0 fully saturated rings. The van der Waals surface area contributed by atoms with Gasteiger partial charge in [0.05, 0.1) is 10.6 Å². The molecule has 0 spiro atoms.